The van der Waals surface area contributed by atoms with Gasteiger partial charge in [0, 0.05) is 16.3 Å². The summed E-state index contributed by atoms with van der Waals surface area (Å²) in [6, 6.07) is 5.46. The van der Waals surface area contributed by atoms with Gasteiger partial charge in [-0.3, -0.25) is 0 Å². The molecule has 0 unspecified atom stereocenters. The molecule has 0 saturated heterocycles. The quantitative estimate of drug-likeness (QED) is 0.459. The van der Waals surface area contributed by atoms with E-state index in [9.17, 15) is 0 Å². The van der Waals surface area contributed by atoms with Crippen LogP contribution in [0.15, 0.2) is 23.1 Å². The normalized spacial score (nSPS) is 10.5. The average molecular weight is 248 g/mol. The Labute approximate surface area is 98.6 Å². The molecule has 0 saturated carbocycles. The first-order valence-electron chi connectivity index (χ1n) is 4.61. The number of hydrogen-bond acceptors (Lipinski definition) is 4. The van der Waals surface area contributed by atoms with Gasteiger partial charge in [-0.1, -0.05) is 17.7 Å². The fourth-order valence-electron chi connectivity index (χ4n) is 1.05. The van der Waals surface area contributed by atoms with E-state index in [1.54, 1.807) is 11.8 Å². The Morgan fingerprint density at radius 2 is 2.20 bits per heavy atom. The zero-order valence-corrected chi connectivity index (χ0v) is 9.85. The largest absolute Gasteiger partial charge is 0.398 e. The third-order valence-electron chi connectivity index (χ3n) is 1.71. The molecule has 5 heteroatoms. The first-order valence-corrected chi connectivity index (χ1v) is 5.97. The van der Waals surface area contributed by atoms with E-state index >= 15 is 0 Å². The molecule has 0 fully saturated rings. The molecule has 0 aliphatic carbocycles. The van der Waals surface area contributed by atoms with Crippen molar-refractivity contribution in [2.45, 2.75) is 4.90 Å². The minimum absolute atomic E-state index is 0.0545. The molecule has 84 valence electrons. The molecule has 0 aliphatic heterocycles. The molecular formula is C10H14ClNO2S. The summed E-state index contributed by atoms with van der Waals surface area (Å²) in [5.74, 6) is 0.772. The third-order valence-corrected chi connectivity index (χ3v) is 3.25. The van der Waals surface area contributed by atoms with Crippen molar-refractivity contribution in [2.75, 3.05) is 31.3 Å². The van der Waals surface area contributed by atoms with Gasteiger partial charge in [0.1, 0.15) is 0 Å². The van der Waals surface area contributed by atoms with Crippen molar-refractivity contribution in [3.63, 3.8) is 0 Å². The van der Waals surface area contributed by atoms with Crippen LogP contribution in [-0.4, -0.2) is 30.7 Å². The predicted octanol–water partition coefficient (Wildman–Crippen LogP) is 2.02. The fraction of sp³-hybridized carbons (Fsp3) is 0.400. The first-order chi connectivity index (χ1) is 7.25. The number of aliphatic hydroxyl groups is 1. The molecule has 0 spiro atoms. The zero-order chi connectivity index (χ0) is 11.1. The molecule has 1 rings (SSSR count). The van der Waals surface area contributed by atoms with Crippen molar-refractivity contribution in [3.05, 3.63) is 23.2 Å². The van der Waals surface area contributed by atoms with Gasteiger partial charge < -0.3 is 15.6 Å². The van der Waals surface area contributed by atoms with Gasteiger partial charge in [-0.25, -0.2) is 0 Å². The van der Waals surface area contributed by atoms with Crippen LogP contribution in [0.3, 0.4) is 0 Å². The van der Waals surface area contributed by atoms with Crippen molar-refractivity contribution < 1.29 is 9.84 Å². The number of thioether (sulfide) groups is 1. The van der Waals surface area contributed by atoms with Crippen LogP contribution in [0.2, 0.25) is 5.02 Å². The summed E-state index contributed by atoms with van der Waals surface area (Å²) in [4.78, 5) is 0.895. The molecule has 0 atom stereocenters. The summed E-state index contributed by atoms with van der Waals surface area (Å²) < 4.78 is 5.13. The predicted molar refractivity (Wildman–Crippen MR) is 64.5 cm³/mol. The van der Waals surface area contributed by atoms with Gasteiger partial charge in [0.05, 0.1) is 24.8 Å². The third kappa shape index (κ3) is 4.30. The summed E-state index contributed by atoms with van der Waals surface area (Å²) in [6.45, 7) is 1.01. The number of nitrogens with two attached hydrogens (primary N) is 1. The highest BCUT2D eigenvalue weighted by molar-refractivity contribution is 7.99. The molecule has 0 heterocycles. The summed E-state index contributed by atoms with van der Waals surface area (Å²) in [5.41, 5.74) is 6.47. The number of aliphatic hydroxyl groups excluding tert-OH is 1. The van der Waals surface area contributed by atoms with E-state index in [1.165, 1.54) is 0 Å². The van der Waals surface area contributed by atoms with Gasteiger partial charge in [0.25, 0.3) is 0 Å². The second-order valence-electron chi connectivity index (χ2n) is 2.84. The van der Waals surface area contributed by atoms with Crippen molar-refractivity contribution >= 4 is 29.1 Å². The van der Waals surface area contributed by atoms with E-state index in [2.05, 4.69) is 0 Å². The molecule has 0 amide bonds. The second-order valence-corrected chi connectivity index (χ2v) is 4.35. The Morgan fingerprint density at radius 3 is 2.87 bits per heavy atom. The van der Waals surface area contributed by atoms with Crippen molar-refractivity contribution in [1.82, 2.24) is 0 Å². The monoisotopic (exact) mass is 247 g/mol. The van der Waals surface area contributed by atoms with Gasteiger partial charge in [0.15, 0.2) is 0 Å². The van der Waals surface area contributed by atoms with Crippen molar-refractivity contribution in [3.8, 4) is 0 Å². The highest BCUT2D eigenvalue weighted by atomic mass is 35.5. The molecule has 3 N–H and O–H groups in total. The highest BCUT2D eigenvalue weighted by Crippen LogP contribution is 2.32. The van der Waals surface area contributed by atoms with Crippen LogP contribution in [0.25, 0.3) is 0 Å². The standard InChI is InChI=1S/C10H14ClNO2S/c11-8-2-1-3-9(12)10(8)15-7-6-14-5-4-13/h1-3,13H,4-7,12H2. The summed E-state index contributed by atoms with van der Waals surface area (Å²) in [5, 5.41) is 9.17. The topological polar surface area (TPSA) is 55.5 Å². The number of ether oxygens (including phenoxy) is 1. The van der Waals surface area contributed by atoms with Gasteiger partial charge in [0.2, 0.25) is 0 Å². The van der Waals surface area contributed by atoms with Crippen LogP contribution < -0.4 is 5.73 Å². The Hall–Kier alpha value is -0.420. The van der Waals surface area contributed by atoms with Crippen molar-refractivity contribution in [2.24, 2.45) is 0 Å². The Bertz CT molecular complexity index is 289. The van der Waals surface area contributed by atoms with Crippen LogP contribution >= 0.6 is 23.4 Å². The molecule has 1 aromatic rings. The maximum absolute atomic E-state index is 8.50. The molecular weight excluding hydrogens is 234 g/mol. The van der Waals surface area contributed by atoms with Crippen LogP contribution in [0, 0.1) is 0 Å². The van der Waals surface area contributed by atoms with Crippen LogP contribution in [0.1, 0.15) is 0 Å². The Morgan fingerprint density at radius 1 is 1.40 bits per heavy atom. The summed E-state index contributed by atoms with van der Waals surface area (Å²) in [7, 11) is 0. The molecule has 15 heavy (non-hydrogen) atoms. The van der Waals surface area contributed by atoms with Crippen LogP contribution in [0.5, 0.6) is 0 Å². The zero-order valence-electron chi connectivity index (χ0n) is 8.28. The summed E-state index contributed by atoms with van der Waals surface area (Å²) in [6.07, 6.45) is 0. The SMILES string of the molecule is Nc1cccc(Cl)c1SCCOCCO. The lowest BCUT2D eigenvalue weighted by atomic mass is 10.3. The Kier molecular flexibility index (Phi) is 5.86. The number of nitrogen functional groups attached to an aromatic ring is 1. The molecule has 0 radical (unpaired) electrons. The molecule has 3 nitrogen and oxygen atoms in total. The lowest BCUT2D eigenvalue weighted by molar-refractivity contribution is 0.103. The minimum atomic E-state index is 0.0545. The van der Waals surface area contributed by atoms with E-state index < -0.39 is 0 Å². The smallest absolute Gasteiger partial charge is 0.0698 e. The number of hydrogen-bond donors (Lipinski definition) is 2. The van der Waals surface area contributed by atoms with Gasteiger partial charge in [-0.2, -0.15) is 0 Å². The van der Waals surface area contributed by atoms with Crippen molar-refractivity contribution in [1.29, 1.82) is 0 Å². The maximum Gasteiger partial charge on any atom is 0.0698 e. The first kappa shape index (κ1) is 12.6. The molecule has 0 aliphatic rings. The number of anilines is 1. The van der Waals surface area contributed by atoms with E-state index in [1.807, 2.05) is 18.2 Å². The maximum atomic E-state index is 8.50. The lowest BCUT2D eigenvalue weighted by Crippen LogP contribution is -2.02. The number of rotatable bonds is 6. The molecule has 0 aromatic heterocycles. The summed E-state index contributed by atoms with van der Waals surface area (Å²) >= 11 is 7.55. The van der Waals surface area contributed by atoms with E-state index in [0.717, 1.165) is 10.6 Å². The van der Waals surface area contributed by atoms with E-state index in [0.29, 0.717) is 23.9 Å². The van der Waals surface area contributed by atoms with Crippen LogP contribution in [-0.2, 0) is 4.74 Å². The Balaban J connectivity index is 2.37. The molecule has 0 bridgehead atoms. The lowest BCUT2D eigenvalue weighted by Gasteiger charge is -2.07. The molecule has 1 aromatic carbocycles. The highest BCUT2D eigenvalue weighted by Gasteiger charge is 2.04. The van der Waals surface area contributed by atoms with Gasteiger partial charge in [-0.15, -0.1) is 11.8 Å². The average Bonchev–Trinajstić information content (AvgIpc) is 2.21. The fourth-order valence-corrected chi connectivity index (χ4v) is 2.24. The minimum Gasteiger partial charge on any atom is -0.398 e. The van der Waals surface area contributed by atoms with Gasteiger partial charge >= 0.3 is 0 Å². The number of halogens is 1. The van der Waals surface area contributed by atoms with E-state index in [-0.39, 0.29) is 6.61 Å². The number of benzene rings is 1. The van der Waals surface area contributed by atoms with E-state index in [4.69, 9.17) is 27.2 Å². The second kappa shape index (κ2) is 6.95. The van der Waals surface area contributed by atoms with Gasteiger partial charge in [-0.05, 0) is 12.1 Å². The van der Waals surface area contributed by atoms with Crippen LogP contribution in [0.4, 0.5) is 5.69 Å².